The lowest BCUT2D eigenvalue weighted by atomic mass is 10.3. The highest BCUT2D eigenvalue weighted by Crippen LogP contribution is 2.34. The van der Waals surface area contributed by atoms with Gasteiger partial charge < -0.3 is 14.8 Å². The molecule has 0 amide bonds. The van der Waals surface area contributed by atoms with Crippen LogP contribution in [0.4, 0.5) is 17.3 Å². The number of halogens is 1. The van der Waals surface area contributed by atoms with Crippen LogP contribution in [0.15, 0.2) is 71.6 Å². The number of nitrogens with one attached hydrogen (secondary N) is 2. The zero-order valence-electron chi connectivity index (χ0n) is 16.6. The number of aromatic nitrogens is 2. The maximum atomic E-state index is 13.2. The van der Waals surface area contributed by atoms with Crippen LogP contribution in [0.5, 0.6) is 11.5 Å². The summed E-state index contributed by atoms with van der Waals surface area (Å²) in [5, 5.41) is 3.54. The van der Waals surface area contributed by atoms with Gasteiger partial charge in [-0.2, -0.15) is 0 Å². The minimum absolute atomic E-state index is 0.0143. The van der Waals surface area contributed by atoms with E-state index in [0.717, 1.165) is 0 Å². The Balaban J connectivity index is 1.56. The first kappa shape index (κ1) is 20.3. The molecule has 8 nitrogen and oxygen atoms in total. The average Bonchev–Trinajstić information content (AvgIpc) is 2.80. The third kappa shape index (κ3) is 4.00. The van der Waals surface area contributed by atoms with Crippen molar-refractivity contribution in [3.63, 3.8) is 0 Å². The Hall–Kier alpha value is -3.56. The number of hydrogen-bond donors (Lipinski definition) is 2. The minimum Gasteiger partial charge on any atom is -0.486 e. The summed E-state index contributed by atoms with van der Waals surface area (Å²) in [7, 11) is -4.00. The van der Waals surface area contributed by atoms with E-state index in [1.54, 1.807) is 42.5 Å². The zero-order valence-corrected chi connectivity index (χ0v) is 18.2. The smallest absolute Gasteiger partial charge is 0.263 e. The van der Waals surface area contributed by atoms with Crippen LogP contribution in [0.2, 0.25) is 5.02 Å². The normalized spacial score (nSPS) is 13.0. The van der Waals surface area contributed by atoms with Crippen molar-refractivity contribution in [2.75, 3.05) is 23.3 Å². The van der Waals surface area contributed by atoms with E-state index in [1.165, 1.54) is 12.1 Å². The second-order valence-electron chi connectivity index (χ2n) is 6.93. The van der Waals surface area contributed by atoms with Crippen LogP contribution < -0.4 is 19.5 Å². The fourth-order valence-electron chi connectivity index (χ4n) is 3.23. The van der Waals surface area contributed by atoms with Gasteiger partial charge in [-0.3, -0.25) is 4.72 Å². The zero-order chi connectivity index (χ0) is 22.1. The first-order chi connectivity index (χ1) is 15.5. The van der Waals surface area contributed by atoms with Gasteiger partial charge in [-0.1, -0.05) is 35.9 Å². The molecule has 0 unspecified atom stereocenters. The summed E-state index contributed by atoms with van der Waals surface area (Å²) in [5.41, 5.74) is 1.71. The van der Waals surface area contributed by atoms with Crippen LogP contribution in [-0.4, -0.2) is 31.6 Å². The lowest BCUT2D eigenvalue weighted by Gasteiger charge is -2.19. The van der Waals surface area contributed by atoms with Crippen molar-refractivity contribution in [3.8, 4) is 11.5 Å². The van der Waals surface area contributed by atoms with Crippen LogP contribution >= 0.6 is 11.6 Å². The Kier molecular flexibility index (Phi) is 5.20. The summed E-state index contributed by atoms with van der Waals surface area (Å²) in [4.78, 5) is 9.05. The third-order valence-electron chi connectivity index (χ3n) is 4.75. The summed E-state index contributed by atoms with van der Waals surface area (Å²) >= 11 is 6.27. The van der Waals surface area contributed by atoms with Gasteiger partial charge in [0.2, 0.25) is 0 Å². The van der Waals surface area contributed by atoms with Gasteiger partial charge in [0.05, 0.1) is 26.6 Å². The van der Waals surface area contributed by atoms with Crippen molar-refractivity contribution < 1.29 is 17.9 Å². The van der Waals surface area contributed by atoms with E-state index in [-0.39, 0.29) is 16.5 Å². The van der Waals surface area contributed by atoms with Gasteiger partial charge in [0.15, 0.2) is 23.1 Å². The number of para-hydroxylation sites is 3. The highest BCUT2D eigenvalue weighted by Gasteiger charge is 2.22. The summed E-state index contributed by atoms with van der Waals surface area (Å²) in [5.74, 6) is 1.14. The Morgan fingerprint density at radius 1 is 0.812 bits per heavy atom. The predicted octanol–water partition coefficient (Wildman–Crippen LogP) is 4.60. The first-order valence-corrected chi connectivity index (χ1v) is 11.6. The quantitative estimate of drug-likeness (QED) is 0.441. The van der Waals surface area contributed by atoms with Gasteiger partial charge in [0.25, 0.3) is 10.0 Å². The van der Waals surface area contributed by atoms with E-state index >= 15 is 0 Å². The van der Waals surface area contributed by atoms with E-state index < -0.39 is 10.0 Å². The van der Waals surface area contributed by atoms with Crippen molar-refractivity contribution in [2.45, 2.75) is 4.90 Å². The van der Waals surface area contributed by atoms with Crippen molar-refractivity contribution >= 4 is 50.0 Å². The molecule has 5 rings (SSSR count). The SMILES string of the molecule is O=S(=O)(Nc1nc2ccccc2nc1Nc1ccccc1Cl)c1ccc2c(c1)OCCO2. The first-order valence-electron chi connectivity index (χ1n) is 9.70. The van der Waals surface area contributed by atoms with Gasteiger partial charge in [0, 0.05) is 6.07 Å². The molecule has 1 aliphatic rings. The largest absolute Gasteiger partial charge is 0.486 e. The molecule has 0 saturated carbocycles. The molecule has 2 heterocycles. The van der Waals surface area contributed by atoms with Gasteiger partial charge >= 0.3 is 0 Å². The summed E-state index contributed by atoms with van der Waals surface area (Å²) < 4.78 is 39.9. The van der Waals surface area contributed by atoms with Gasteiger partial charge in [-0.05, 0) is 36.4 Å². The second kappa shape index (κ2) is 8.18. The van der Waals surface area contributed by atoms with E-state index in [1.807, 2.05) is 12.1 Å². The molecule has 0 fully saturated rings. The molecule has 1 aliphatic heterocycles. The second-order valence-corrected chi connectivity index (χ2v) is 9.01. The molecule has 0 radical (unpaired) electrons. The fraction of sp³-hybridized carbons (Fsp3) is 0.0909. The molecule has 4 aromatic rings. The Labute approximate surface area is 189 Å². The summed E-state index contributed by atoms with van der Waals surface area (Å²) in [6, 6.07) is 18.7. The molecule has 10 heteroatoms. The number of rotatable bonds is 5. The standard InChI is InChI=1S/C22H17ClN4O4S/c23-15-5-1-2-6-16(15)24-21-22(26-18-8-4-3-7-17(18)25-21)27-32(28,29)14-9-10-19-20(13-14)31-12-11-30-19/h1-10,13H,11-12H2,(H,24,25)(H,26,27). The summed E-state index contributed by atoms with van der Waals surface area (Å²) in [6.45, 7) is 0.771. The number of benzene rings is 3. The van der Waals surface area contributed by atoms with E-state index in [4.69, 9.17) is 21.1 Å². The molecular formula is C22H17ClN4O4S. The van der Waals surface area contributed by atoms with E-state index in [9.17, 15) is 8.42 Å². The van der Waals surface area contributed by atoms with Gasteiger partial charge in [-0.25, -0.2) is 18.4 Å². The molecule has 0 bridgehead atoms. The van der Waals surface area contributed by atoms with Crippen LogP contribution in [-0.2, 0) is 10.0 Å². The Bertz CT molecular complexity index is 1430. The molecule has 2 N–H and O–H groups in total. The van der Waals surface area contributed by atoms with Crippen molar-refractivity contribution in [1.82, 2.24) is 9.97 Å². The fourth-order valence-corrected chi connectivity index (χ4v) is 4.43. The average molecular weight is 469 g/mol. The monoisotopic (exact) mass is 468 g/mol. The molecule has 0 saturated heterocycles. The Morgan fingerprint density at radius 3 is 2.22 bits per heavy atom. The van der Waals surface area contributed by atoms with Gasteiger partial charge in [-0.15, -0.1) is 0 Å². The highest BCUT2D eigenvalue weighted by molar-refractivity contribution is 7.92. The van der Waals surface area contributed by atoms with E-state index in [2.05, 4.69) is 20.0 Å². The topological polar surface area (TPSA) is 102 Å². The van der Waals surface area contributed by atoms with Crippen molar-refractivity contribution in [3.05, 3.63) is 71.8 Å². The maximum Gasteiger partial charge on any atom is 0.263 e. The van der Waals surface area contributed by atoms with Gasteiger partial charge in [0.1, 0.15) is 13.2 Å². The number of ether oxygens (including phenoxy) is 2. The van der Waals surface area contributed by atoms with Crippen molar-refractivity contribution in [2.24, 2.45) is 0 Å². The molecule has 1 aromatic heterocycles. The molecule has 0 atom stereocenters. The van der Waals surface area contributed by atoms with Crippen LogP contribution in [0.1, 0.15) is 0 Å². The lowest BCUT2D eigenvalue weighted by Crippen LogP contribution is -2.18. The van der Waals surface area contributed by atoms with Crippen LogP contribution in [0.3, 0.4) is 0 Å². The van der Waals surface area contributed by atoms with Crippen LogP contribution in [0, 0.1) is 0 Å². The molecular weight excluding hydrogens is 452 g/mol. The number of nitrogens with zero attached hydrogens (tertiary/aromatic N) is 2. The molecule has 0 spiro atoms. The lowest BCUT2D eigenvalue weighted by molar-refractivity contribution is 0.171. The highest BCUT2D eigenvalue weighted by atomic mass is 35.5. The van der Waals surface area contributed by atoms with Crippen LogP contribution in [0.25, 0.3) is 11.0 Å². The molecule has 32 heavy (non-hydrogen) atoms. The third-order valence-corrected chi connectivity index (χ3v) is 6.42. The number of fused-ring (bicyclic) bond motifs is 2. The molecule has 162 valence electrons. The molecule has 3 aromatic carbocycles. The predicted molar refractivity (Wildman–Crippen MR) is 123 cm³/mol. The molecule has 0 aliphatic carbocycles. The van der Waals surface area contributed by atoms with Crippen molar-refractivity contribution in [1.29, 1.82) is 0 Å². The summed E-state index contributed by atoms with van der Waals surface area (Å²) in [6.07, 6.45) is 0. The minimum atomic E-state index is -4.00. The number of sulfonamides is 1. The number of hydrogen-bond acceptors (Lipinski definition) is 7. The van der Waals surface area contributed by atoms with E-state index in [0.29, 0.717) is 46.5 Å². The number of anilines is 3. The maximum absolute atomic E-state index is 13.2. The Morgan fingerprint density at radius 2 is 1.47 bits per heavy atom.